The molecule has 98 valence electrons. The van der Waals surface area contributed by atoms with Gasteiger partial charge in [-0.1, -0.05) is 32.4 Å². The number of para-hydroxylation sites is 1. The maximum atomic E-state index is 5.64. The van der Waals surface area contributed by atoms with Crippen molar-refractivity contribution < 1.29 is 0 Å². The van der Waals surface area contributed by atoms with Crippen LogP contribution in [0, 0.1) is 5.92 Å². The van der Waals surface area contributed by atoms with Crippen LogP contribution in [-0.4, -0.2) is 11.0 Å². The Morgan fingerprint density at radius 3 is 2.83 bits per heavy atom. The average Bonchev–Trinajstić information content (AvgIpc) is 2.79. The maximum absolute atomic E-state index is 5.64. The van der Waals surface area contributed by atoms with E-state index in [-0.39, 0.29) is 0 Å². The van der Waals surface area contributed by atoms with Crippen molar-refractivity contribution in [3.63, 3.8) is 0 Å². The van der Waals surface area contributed by atoms with Crippen LogP contribution in [0.25, 0.3) is 10.2 Å². The summed E-state index contributed by atoms with van der Waals surface area (Å²) in [7, 11) is 0. The number of thiazole rings is 1. The normalized spacial score (nSPS) is 14.8. The molecule has 0 aliphatic rings. The molecule has 2 rings (SSSR count). The molecule has 0 aliphatic heterocycles. The summed E-state index contributed by atoms with van der Waals surface area (Å²) in [6.45, 7) is 4.48. The molecule has 0 saturated carbocycles. The molecule has 2 unspecified atom stereocenters. The summed E-state index contributed by atoms with van der Waals surface area (Å²) < 4.78 is 1.26. The van der Waals surface area contributed by atoms with Gasteiger partial charge in [0.1, 0.15) is 0 Å². The molecule has 2 atom stereocenters. The minimum atomic E-state index is 0.320. The molecule has 1 aromatic heterocycles. The van der Waals surface area contributed by atoms with E-state index in [1.807, 2.05) is 6.07 Å². The third-order valence-electron chi connectivity index (χ3n) is 3.38. The summed E-state index contributed by atoms with van der Waals surface area (Å²) in [5.41, 5.74) is 4.02. The Kier molecular flexibility index (Phi) is 4.69. The number of nitrogens with two attached hydrogens (primary N) is 1. The Morgan fingerprint density at radius 2 is 2.17 bits per heavy atom. The second-order valence-electron chi connectivity index (χ2n) is 4.89. The van der Waals surface area contributed by atoms with Crippen molar-refractivity contribution in [1.29, 1.82) is 0 Å². The molecule has 0 radical (unpaired) electrons. The second kappa shape index (κ2) is 6.27. The molecular formula is C14H21N3S. The number of nitrogens with zero attached hydrogens (tertiary/aromatic N) is 1. The van der Waals surface area contributed by atoms with Crippen LogP contribution in [0.15, 0.2) is 24.3 Å². The van der Waals surface area contributed by atoms with Gasteiger partial charge in [0.05, 0.1) is 15.2 Å². The summed E-state index contributed by atoms with van der Waals surface area (Å²) in [6, 6.07) is 8.59. The second-order valence-corrected chi connectivity index (χ2v) is 6.01. The van der Waals surface area contributed by atoms with E-state index in [1.54, 1.807) is 11.3 Å². The van der Waals surface area contributed by atoms with Gasteiger partial charge in [0.15, 0.2) is 0 Å². The smallest absolute Gasteiger partial charge is 0.0954 e. The summed E-state index contributed by atoms with van der Waals surface area (Å²) >= 11 is 1.77. The average molecular weight is 263 g/mol. The number of fused-ring (bicyclic) bond motifs is 1. The van der Waals surface area contributed by atoms with E-state index in [9.17, 15) is 0 Å². The topological polar surface area (TPSA) is 50.9 Å². The molecule has 0 amide bonds. The minimum Gasteiger partial charge on any atom is -0.271 e. The number of nitrogens with one attached hydrogen (secondary N) is 1. The van der Waals surface area contributed by atoms with Gasteiger partial charge in [-0.3, -0.25) is 11.3 Å². The molecule has 0 spiro atoms. The van der Waals surface area contributed by atoms with Crippen LogP contribution in [-0.2, 0) is 6.42 Å². The molecule has 0 saturated heterocycles. The molecule has 3 N–H and O–H groups in total. The first-order valence-corrected chi connectivity index (χ1v) is 7.35. The van der Waals surface area contributed by atoms with Crippen LogP contribution >= 0.6 is 11.3 Å². The molecule has 18 heavy (non-hydrogen) atoms. The fraction of sp³-hybridized carbons (Fsp3) is 0.500. The SMILES string of the molecule is CCC(C)CC(Cc1nc2ccccc2s1)NN. The van der Waals surface area contributed by atoms with Crippen molar-refractivity contribution in [2.75, 3.05) is 0 Å². The third-order valence-corrected chi connectivity index (χ3v) is 4.44. The first-order valence-electron chi connectivity index (χ1n) is 6.53. The van der Waals surface area contributed by atoms with Gasteiger partial charge in [0.25, 0.3) is 0 Å². The zero-order valence-corrected chi connectivity index (χ0v) is 11.8. The fourth-order valence-electron chi connectivity index (χ4n) is 2.08. The van der Waals surface area contributed by atoms with Crippen LogP contribution in [0.3, 0.4) is 0 Å². The van der Waals surface area contributed by atoms with Crippen LogP contribution < -0.4 is 11.3 Å². The molecule has 0 fully saturated rings. The van der Waals surface area contributed by atoms with Crippen LogP contribution in [0.5, 0.6) is 0 Å². The lowest BCUT2D eigenvalue weighted by atomic mass is 9.98. The molecule has 4 heteroatoms. The maximum Gasteiger partial charge on any atom is 0.0954 e. The number of benzene rings is 1. The largest absolute Gasteiger partial charge is 0.271 e. The van der Waals surface area contributed by atoms with E-state index in [4.69, 9.17) is 5.84 Å². The van der Waals surface area contributed by atoms with Crippen LogP contribution in [0.1, 0.15) is 31.7 Å². The Balaban J connectivity index is 2.06. The zero-order chi connectivity index (χ0) is 13.0. The van der Waals surface area contributed by atoms with E-state index in [0.717, 1.165) is 18.4 Å². The fourth-order valence-corrected chi connectivity index (χ4v) is 3.13. The molecule has 2 aromatic rings. The number of aromatic nitrogens is 1. The van der Waals surface area contributed by atoms with Crippen molar-refractivity contribution in [3.05, 3.63) is 29.3 Å². The minimum absolute atomic E-state index is 0.320. The molecule has 1 aromatic carbocycles. The predicted molar refractivity (Wildman–Crippen MR) is 78.5 cm³/mol. The van der Waals surface area contributed by atoms with E-state index in [0.29, 0.717) is 12.0 Å². The summed E-state index contributed by atoms with van der Waals surface area (Å²) in [6.07, 6.45) is 3.21. The number of rotatable bonds is 6. The van der Waals surface area contributed by atoms with E-state index in [2.05, 4.69) is 42.5 Å². The highest BCUT2D eigenvalue weighted by molar-refractivity contribution is 7.18. The van der Waals surface area contributed by atoms with Crippen molar-refractivity contribution in [2.45, 2.75) is 39.2 Å². The van der Waals surface area contributed by atoms with Gasteiger partial charge in [0.2, 0.25) is 0 Å². The van der Waals surface area contributed by atoms with Gasteiger partial charge in [0, 0.05) is 12.5 Å². The Labute approximate surface area is 112 Å². The number of hydrogen-bond acceptors (Lipinski definition) is 4. The highest BCUT2D eigenvalue weighted by atomic mass is 32.1. The standard InChI is InChI=1S/C14H21N3S/c1-3-10(2)8-11(17-15)9-14-16-12-6-4-5-7-13(12)18-14/h4-7,10-11,17H,3,8-9,15H2,1-2H3. The molecular weight excluding hydrogens is 242 g/mol. The van der Waals surface area contributed by atoms with Crippen molar-refractivity contribution in [2.24, 2.45) is 11.8 Å². The predicted octanol–water partition coefficient (Wildman–Crippen LogP) is 3.11. The molecule has 0 aliphatic carbocycles. The van der Waals surface area contributed by atoms with E-state index in [1.165, 1.54) is 16.1 Å². The lowest BCUT2D eigenvalue weighted by Crippen LogP contribution is -2.37. The van der Waals surface area contributed by atoms with E-state index >= 15 is 0 Å². The van der Waals surface area contributed by atoms with Gasteiger partial charge in [-0.2, -0.15) is 0 Å². The highest BCUT2D eigenvalue weighted by Gasteiger charge is 2.14. The Hall–Kier alpha value is -0.970. The number of hydrazine groups is 1. The highest BCUT2D eigenvalue weighted by Crippen LogP contribution is 2.23. The van der Waals surface area contributed by atoms with Gasteiger partial charge < -0.3 is 0 Å². The van der Waals surface area contributed by atoms with Crippen molar-refractivity contribution in [1.82, 2.24) is 10.4 Å². The summed E-state index contributed by atoms with van der Waals surface area (Å²) in [4.78, 5) is 4.66. The Bertz CT molecular complexity index is 461. The van der Waals surface area contributed by atoms with Crippen molar-refractivity contribution in [3.8, 4) is 0 Å². The number of hydrogen-bond donors (Lipinski definition) is 2. The summed E-state index contributed by atoms with van der Waals surface area (Å²) in [5, 5.41) is 1.17. The van der Waals surface area contributed by atoms with Crippen LogP contribution in [0.2, 0.25) is 0 Å². The van der Waals surface area contributed by atoms with Gasteiger partial charge in [-0.25, -0.2) is 4.98 Å². The lowest BCUT2D eigenvalue weighted by molar-refractivity contribution is 0.396. The monoisotopic (exact) mass is 263 g/mol. The Morgan fingerprint density at radius 1 is 1.39 bits per heavy atom. The lowest BCUT2D eigenvalue weighted by Gasteiger charge is -2.18. The molecule has 3 nitrogen and oxygen atoms in total. The van der Waals surface area contributed by atoms with Gasteiger partial charge in [-0.15, -0.1) is 11.3 Å². The van der Waals surface area contributed by atoms with Crippen molar-refractivity contribution >= 4 is 21.6 Å². The van der Waals surface area contributed by atoms with Crippen LogP contribution in [0.4, 0.5) is 0 Å². The van der Waals surface area contributed by atoms with E-state index < -0.39 is 0 Å². The first-order chi connectivity index (χ1) is 8.72. The zero-order valence-electron chi connectivity index (χ0n) is 11.0. The molecule has 1 heterocycles. The summed E-state index contributed by atoms with van der Waals surface area (Å²) in [5.74, 6) is 6.34. The first kappa shape index (κ1) is 13.5. The van der Waals surface area contributed by atoms with Gasteiger partial charge >= 0.3 is 0 Å². The quantitative estimate of drug-likeness (QED) is 0.622. The third kappa shape index (κ3) is 3.28. The van der Waals surface area contributed by atoms with Gasteiger partial charge in [-0.05, 0) is 24.5 Å². The molecule has 0 bridgehead atoms.